The van der Waals surface area contributed by atoms with Crippen molar-refractivity contribution >= 4 is 12.1 Å². The van der Waals surface area contributed by atoms with Gasteiger partial charge in [0.15, 0.2) is 6.04 Å². The summed E-state index contributed by atoms with van der Waals surface area (Å²) in [5.74, 6) is -1.01. The maximum Gasteiger partial charge on any atom is 0.514 e. The minimum Gasteiger partial charge on any atom is -0.477 e. The van der Waals surface area contributed by atoms with E-state index in [1.165, 1.54) is 0 Å². The van der Waals surface area contributed by atoms with Gasteiger partial charge < -0.3 is 10.2 Å². The van der Waals surface area contributed by atoms with Gasteiger partial charge in [-0.3, -0.25) is 0 Å². The Morgan fingerprint density at radius 2 is 1.80 bits per heavy atom. The molecule has 1 aliphatic heterocycles. The molecule has 1 amide bonds. The van der Waals surface area contributed by atoms with E-state index in [1.807, 2.05) is 0 Å². The van der Waals surface area contributed by atoms with E-state index in [0.29, 0.717) is 19.4 Å². The molecule has 5 heteroatoms. The second-order valence-corrected chi connectivity index (χ2v) is 5.04. The quantitative estimate of drug-likeness (QED) is 0.652. The van der Waals surface area contributed by atoms with E-state index < -0.39 is 23.6 Å². The second kappa shape index (κ2) is 3.48. The second-order valence-electron chi connectivity index (χ2n) is 5.04. The highest BCUT2D eigenvalue weighted by molar-refractivity contribution is 5.75. The van der Waals surface area contributed by atoms with Crippen LogP contribution in [0.3, 0.4) is 0 Å². The highest BCUT2D eigenvalue weighted by Gasteiger charge is 2.59. The molecule has 5 nitrogen and oxygen atoms in total. The Labute approximate surface area is 88.9 Å². The lowest BCUT2D eigenvalue weighted by Gasteiger charge is -2.43. The van der Waals surface area contributed by atoms with Gasteiger partial charge in [-0.25, -0.2) is 9.28 Å². The molecule has 0 aromatic heterocycles. The number of amides is 1. The molecule has 0 bridgehead atoms. The number of quaternary nitrogens is 1. The summed E-state index contributed by atoms with van der Waals surface area (Å²) in [5.41, 5.74) is -0.592. The van der Waals surface area contributed by atoms with Crippen molar-refractivity contribution in [1.82, 2.24) is 0 Å². The molecule has 1 rings (SSSR count). The first-order chi connectivity index (χ1) is 6.73. The molecule has 0 aromatic carbocycles. The van der Waals surface area contributed by atoms with Gasteiger partial charge >= 0.3 is 12.1 Å². The van der Waals surface area contributed by atoms with Crippen molar-refractivity contribution in [1.29, 1.82) is 0 Å². The maximum atomic E-state index is 11.4. The Bertz CT molecular complexity index is 294. The maximum absolute atomic E-state index is 11.4. The van der Waals surface area contributed by atoms with Gasteiger partial charge in [-0.2, -0.15) is 4.79 Å². The van der Waals surface area contributed by atoms with Crippen LogP contribution in [0.5, 0.6) is 0 Å². The van der Waals surface area contributed by atoms with E-state index in [-0.39, 0.29) is 4.48 Å². The van der Waals surface area contributed by atoms with Crippen LogP contribution in [-0.2, 0) is 4.79 Å². The molecule has 86 valence electrons. The van der Waals surface area contributed by atoms with Crippen LogP contribution in [0.15, 0.2) is 0 Å². The standard InChI is InChI=1S/C10H17NO4/c1-10(2,3)11(9(14)15)6-4-5-7(11)8(12)13/h7H,4-6H2,1-3H3,(H-,12,13,14,15)/p+1/t7?,11-/m1/s1. The summed E-state index contributed by atoms with van der Waals surface area (Å²) in [6.07, 6.45) is 0.0619. The molecule has 1 aliphatic rings. The van der Waals surface area contributed by atoms with E-state index in [9.17, 15) is 14.7 Å². The Morgan fingerprint density at radius 3 is 2.07 bits per heavy atom. The van der Waals surface area contributed by atoms with Crippen LogP contribution >= 0.6 is 0 Å². The predicted molar refractivity (Wildman–Crippen MR) is 53.6 cm³/mol. The molecule has 0 aromatic rings. The van der Waals surface area contributed by atoms with Gasteiger partial charge in [0.1, 0.15) is 5.54 Å². The van der Waals surface area contributed by atoms with Crippen LogP contribution < -0.4 is 0 Å². The fourth-order valence-corrected chi connectivity index (χ4v) is 2.54. The number of likely N-dealkylation sites (tertiary alicyclic amines) is 1. The third-order valence-corrected chi connectivity index (χ3v) is 3.34. The first-order valence-electron chi connectivity index (χ1n) is 5.07. The summed E-state index contributed by atoms with van der Waals surface area (Å²) in [5, 5.41) is 18.4. The molecule has 2 N–H and O–H groups in total. The number of carboxylic acid groups (broad SMARTS) is 2. The molecule has 0 spiro atoms. The zero-order valence-electron chi connectivity index (χ0n) is 9.36. The summed E-state index contributed by atoms with van der Waals surface area (Å²) >= 11 is 0. The predicted octanol–water partition coefficient (Wildman–Crippen LogP) is 1.53. The number of hydrogen-bond donors (Lipinski definition) is 2. The summed E-state index contributed by atoms with van der Waals surface area (Å²) in [7, 11) is 0. The Balaban J connectivity index is 3.22. The highest BCUT2D eigenvalue weighted by Crippen LogP contribution is 2.37. The van der Waals surface area contributed by atoms with Crippen molar-refractivity contribution in [2.24, 2.45) is 0 Å². The minimum atomic E-state index is -1.03. The lowest BCUT2D eigenvalue weighted by molar-refractivity contribution is -0.906. The minimum absolute atomic E-state index is 0.359. The van der Waals surface area contributed by atoms with E-state index >= 15 is 0 Å². The summed E-state index contributed by atoms with van der Waals surface area (Å²) in [6, 6.07) is -0.817. The van der Waals surface area contributed by atoms with Crippen molar-refractivity contribution < 1.29 is 24.3 Å². The lowest BCUT2D eigenvalue weighted by Crippen LogP contribution is -2.67. The fourth-order valence-electron chi connectivity index (χ4n) is 2.54. The average molecular weight is 216 g/mol. The van der Waals surface area contributed by atoms with Crippen molar-refractivity contribution in [2.45, 2.75) is 45.2 Å². The first-order valence-corrected chi connectivity index (χ1v) is 5.07. The van der Waals surface area contributed by atoms with Gasteiger partial charge in [0, 0.05) is 12.8 Å². The Hall–Kier alpha value is -1.10. The molecule has 15 heavy (non-hydrogen) atoms. The molecule has 0 aliphatic carbocycles. The zero-order valence-corrected chi connectivity index (χ0v) is 9.36. The van der Waals surface area contributed by atoms with Gasteiger partial charge in [0.25, 0.3) is 0 Å². The van der Waals surface area contributed by atoms with Gasteiger partial charge in [-0.1, -0.05) is 0 Å². The van der Waals surface area contributed by atoms with Crippen LogP contribution in [0.2, 0.25) is 0 Å². The fraction of sp³-hybridized carbons (Fsp3) is 0.800. The molecular weight excluding hydrogens is 198 g/mol. The third-order valence-electron chi connectivity index (χ3n) is 3.34. The molecule has 1 saturated heterocycles. The number of hydrogen-bond acceptors (Lipinski definition) is 2. The molecule has 0 saturated carbocycles. The number of nitrogens with zero attached hydrogens (tertiary/aromatic N) is 1. The SMILES string of the molecule is CC(C)(C)[N@+]1(C(=O)O)CCCC1C(=O)O. The topological polar surface area (TPSA) is 74.6 Å². The van der Waals surface area contributed by atoms with Gasteiger partial charge in [0.05, 0.1) is 6.54 Å². The summed E-state index contributed by atoms with van der Waals surface area (Å²) in [4.78, 5) is 22.5. The number of carbonyl (C=O) groups is 2. The molecule has 1 fully saturated rings. The van der Waals surface area contributed by atoms with Crippen LogP contribution in [-0.4, -0.2) is 44.9 Å². The highest BCUT2D eigenvalue weighted by atomic mass is 16.4. The van der Waals surface area contributed by atoms with Crippen LogP contribution in [0.25, 0.3) is 0 Å². The van der Waals surface area contributed by atoms with Crippen LogP contribution in [0.1, 0.15) is 33.6 Å². The smallest absolute Gasteiger partial charge is 0.477 e. The molecule has 1 heterocycles. The number of aliphatic carboxylic acids is 1. The Kier molecular flexibility index (Phi) is 2.78. The van der Waals surface area contributed by atoms with Gasteiger partial charge in [0.2, 0.25) is 0 Å². The summed E-state index contributed by atoms with van der Waals surface area (Å²) in [6.45, 7) is 5.74. The van der Waals surface area contributed by atoms with Gasteiger partial charge in [-0.15, -0.1) is 0 Å². The van der Waals surface area contributed by atoms with Crippen molar-refractivity contribution in [2.75, 3.05) is 6.54 Å². The summed E-state index contributed by atoms with van der Waals surface area (Å²) < 4.78 is -0.359. The Morgan fingerprint density at radius 1 is 1.27 bits per heavy atom. The van der Waals surface area contributed by atoms with Crippen molar-refractivity contribution in [3.05, 3.63) is 0 Å². The van der Waals surface area contributed by atoms with Crippen molar-refractivity contribution in [3.8, 4) is 0 Å². The molecule has 2 atom stereocenters. The first kappa shape index (κ1) is 12.0. The normalized spacial score (nSPS) is 31.5. The number of rotatable bonds is 1. The molecule has 1 unspecified atom stereocenters. The lowest BCUT2D eigenvalue weighted by atomic mass is 10.00. The van der Waals surface area contributed by atoms with E-state index in [2.05, 4.69) is 0 Å². The molecule has 0 radical (unpaired) electrons. The number of carboxylic acids is 1. The largest absolute Gasteiger partial charge is 0.514 e. The van der Waals surface area contributed by atoms with E-state index in [1.54, 1.807) is 20.8 Å². The van der Waals surface area contributed by atoms with Crippen LogP contribution in [0, 0.1) is 0 Å². The average Bonchev–Trinajstić information content (AvgIpc) is 2.45. The third kappa shape index (κ3) is 1.61. The van der Waals surface area contributed by atoms with E-state index in [0.717, 1.165) is 0 Å². The molecular formula is C10H18NO4+. The zero-order chi connectivity index (χ0) is 11.9. The van der Waals surface area contributed by atoms with E-state index in [4.69, 9.17) is 5.11 Å². The van der Waals surface area contributed by atoms with Crippen molar-refractivity contribution in [3.63, 3.8) is 0 Å². The van der Waals surface area contributed by atoms with Crippen LogP contribution in [0.4, 0.5) is 4.79 Å². The monoisotopic (exact) mass is 216 g/mol. The van der Waals surface area contributed by atoms with Gasteiger partial charge in [-0.05, 0) is 20.8 Å².